The lowest BCUT2D eigenvalue weighted by molar-refractivity contribution is -0.115. The van der Waals surface area contributed by atoms with Gasteiger partial charge in [0.1, 0.15) is 0 Å². The molecule has 24 heavy (non-hydrogen) atoms. The number of halogens is 1. The first-order valence-electron chi connectivity index (χ1n) is 6.97. The molecule has 0 aliphatic rings. The molecule has 3 N–H and O–H groups in total. The number of benzene rings is 2. The molecule has 0 heterocycles. The lowest BCUT2D eigenvalue weighted by atomic mass is 10.1. The average molecular weight is 367 g/mol. The van der Waals surface area contributed by atoms with Crippen molar-refractivity contribution in [2.75, 3.05) is 11.1 Å². The van der Waals surface area contributed by atoms with Crippen LogP contribution in [0.1, 0.15) is 16.8 Å². The normalized spacial score (nSPS) is 11.0. The van der Waals surface area contributed by atoms with Crippen LogP contribution in [0.5, 0.6) is 0 Å². The second-order valence-electron chi connectivity index (χ2n) is 4.96. The molecule has 126 valence electrons. The van der Waals surface area contributed by atoms with Crippen molar-refractivity contribution in [3.05, 3.63) is 59.1 Å². The monoisotopic (exact) mass is 366 g/mol. The lowest BCUT2D eigenvalue weighted by Gasteiger charge is -2.09. The third-order valence-electron chi connectivity index (χ3n) is 3.24. The van der Waals surface area contributed by atoms with Crippen LogP contribution in [-0.4, -0.2) is 26.0 Å². The first kappa shape index (κ1) is 18.0. The molecule has 0 aliphatic carbocycles. The quantitative estimate of drug-likeness (QED) is 0.817. The fourth-order valence-corrected chi connectivity index (χ4v) is 3.87. The van der Waals surface area contributed by atoms with E-state index in [1.54, 1.807) is 24.3 Å². The molecule has 8 heteroatoms. The van der Waals surface area contributed by atoms with Crippen molar-refractivity contribution in [2.45, 2.75) is 11.3 Å². The van der Waals surface area contributed by atoms with E-state index in [4.69, 9.17) is 17.3 Å². The fraction of sp³-hybridized carbons (Fsp3) is 0.125. The van der Waals surface area contributed by atoms with Crippen molar-refractivity contribution in [3.63, 3.8) is 0 Å². The van der Waals surface area contributed by atoms with Crippen LogP contribution >= 0.6 is 11.6 Å². The van der Waals surface area contributed by atoms with Gasteiger partial charge >= 0.3 is 0 Å². The molecule has 0 aromatic heterocycles. The maximum Gasteiger partial charge on any atom is 0.250 e. The number of sulfone groups is 1. The highest BCUT2D eigenvalue weighted by molar-refractivity contribution is 7.91. The molecule has 6 nitrogen and oxygen atoms in total. The zero-order valence-electron chi connectivity index (χ0n) is 12.5. The first-order chi connectivity index (χ1) is 11.3. The summed E-state index contributed by atoms with van der Waals surface area (Å²) in [5.41, 5.74) is 5.62. The van der Waals surface area contributed by atoms with E-state index < -0.39 is 27.4 Å². The standard InChI is InChI=1S/C16H15ClN2O4S/c17-12-6-2-4-8-14(12)24(22,23)10-9-15(20)19-13-7-3-1-5-11(13)16(18)21/h1-8H,9-10H2,(H2,18,21)(H,19,20). The minimum atomic E-state index is -3.69. The number of rotatable bonds is 6. The Balaban J connectivity index is 2.07. The molecule has 2 rings (SSSR count). The van der Waals surface area contributed by atoms with Crippen molar-refractivity contribution in [1.82, 2.24) is 0 Å². The highest BCUT2D eigenvalue weighted by Gasteiger charge is 2.19. The largest absolute Gasteiger partial charge is 0.366 e. The van der Waals surface area contributed by atoms with Crippen LogP contribution in [-0.2, 0) is 14.6 Å². The Bertz CT molecular complexity index is 881. The second kappa shape index (κ2) is 7.46. The number of carbonyl (C=O) groups excluding carboxylic acids is 2. The third kappa shape index (κ3) is 4.33. The van der Waals surface area contributed by atoms with Crippen molar-refractivity contribution >= 4 is 38.9 Å². The summed E-state index contributed by atoms with van der Waals surface area (Å²) >= 11 is 5.88. The molecule has 2 aromatic carbocycles. The van der Waals surface area contributed by atoms with Gasteiger partial charge in [0.15, 0.2) is 9.84 Å². The SMILES string of the molecule is NC(=O)c1ccccc1NC(=O)CCS(=O)(=O)c1ccccc1Cl. The summed E-state index contributed by atoms with van der Waals surface area (Å²) in [7, 11) is -3.69. The Morgan fingerprint density at radius 2 is 1.67 bits per heavy atom. The van der Waals surface area contributed by atoms with Crippen LogP contribution in [0.4, 0.5) is 5.69 Å². The van der Waals surface area contributed by atoms with Gasteiger partial charge in [0.25, 0.3) is 5.91 Å². The number of primary amides is 1. The summed E-state index contributed by atoms with van der Waals surface area (Å²) in [4.78, 5) is 23.3. The number of amides is 2. The van der Waals surface area contributed by atoms with Crippen molar-refractivity contribution < 1.29 is 18.0 Å². The zero-order chi connectivity index (χ0) is 17.7. The minimum absolute atomic E-state index is 0.0167. The zero-order valence-corrected chi connectivity index (χ0v) is 14.1. The van der Waals surface area contributed by atoms with Crippen LogP contribution in [0, 0.1) is 0 Å². The van der Waals surface area contributed by atoms with E-state index in [9.17, 15) is 18.0 Å². The van der Waals surface area contributed by atoms with Gasteiger partial charge in [0.2, 0.25) is 5.91 Å². The van der Waals surface area contributed by atoms with Crippen LogP contribution in [0.2, 0.25) is 5.02 Å². The summed E-state index contributed by atoms with van der Waals surface area (Å²) in [5, 5.41) is 2.60. The average Bonchev–Trinajstić information content (AvgIpc) is 2.53. The highest BCUT2D eigenvalue weighted by atomic mass is 35.5. The molecular formula is C16H15ClN2O4S. The molecule has 2 aromatic rings. The molecule has 0 saturated carbocycles. The van der Waals surface area contributed by atoms with Gasteiger partial charge in [-0.2, -0.15) is 0 Å². The smallest absolute Gasteiger partial charge is 0.250 e. The Morgan fingerprint density at radius 3 is 2.33 bits per heavy atom. The van der Waals surface area contributed by atoms with Gasteiger partial charge in [-0.05, 0) is 24.3 Å². The van der Waals surface area contributed by atoms with E-state index >= 15 is 0 Å². The van der Waals surface area contributed by atoms with Gasteiger partial charge < -0.3 is 11.1 Å². The van der Waals surface area contributed by atoms with Crippen molar-refractivity contribution in [3.8, 4) is 0 Å². The van der Waals surface area contributed by atoms with Crippen molar-refractivity contribution in [1.29, 1.82) is 0 Å². The summed E-state index contributed by atoms with van der Waals surface area (Å²) < 4.78 is 24.5. The molecule has 0 saturated heterocycles. The van der Waals surface area contributed by atoms with Gasteiger partial charge in [-0.25, -0.2) is 8.42 Å². The van der Waals surface area contributed by atoms with Crippen molar-refractivity contribution in [2.24, 2.45) is 5.73 Å². The van der Waals surface area contributed by atoms with E-state index in [2.05, 4.69) is 5.32 Å². The summed E-state index contributed by atoms with van der Waals surface area (Å²) in [6.07, 6.45) is -0.277. The number of anilines is 1. The van der Waals surface area contributed by atoms with E-state index in [0.717, 1.165) is 0 Å². The molecular weight excluding hydrogens is 352 g/mol. The molecule has 0 radical (unpaired) electrons. The Labute approximate surface area is 144 Å². The third-order valence-corrected chi connectivity index (χ3v) is 5.45. The maximum atomic E-state index is 12.2. The van der Waals surface area contributed by atoms with E-state index in [1.165, 1.54) is 24.3 Å². The number of nitrogens with one attached hydrogen (secondary N) is 1. The van der Waals surface area contributed by atoms with Gasteiger partial charge in [-0.3, -0.25) is 9.59 Å². The van der Waals surface area contributed by atoms with Gasteiger partial charge in [0.05, 0.1) is 26.9 Å². The highest BCUT2D eigenvalue weighted by Crippen LogP contribution is 2.22. The molecule has 2 amide bonds. The Kier molecular flexibility index (Phi) is 5.58. The number of nitrogens with two attached hydrogens (primary N) is 1. The number of hydrogen-bond donors (Lipinski definition) is 2. The first-order valence-corrected chi connectivity index (χ1v) is 9.00. The minimum Gasteiger partial charge on any atom is -0.366 e. The summed E-state index contributed by atoms with van der Waals surface area (Å²) in [6.45, 7) is 0. The second-order valence-corrected chi connectivity index (χ2v) is 7.44. The van der Waals surface area contributed by atoms with Crippen LogP contribution < -0.4 is 11.1 Å². The van der Waals surface area contributed by atoms with Crippen LogP contribution in [0.3, 0.4) is 0 Å². The Morgan fingerprint density at radius 1 is 1.04 bits per heavy atom. The van der Waals surface area contributed by atoms with E-state index in [-0.39, 0.29) is 27.6 Å². The summed E-state index contributed by atoms with van der Waals surface area (Å²) in [6, 6.07) is 12.3. The van der Waals surface area contributed by atoms with Gasteiger partial charge in [-0.15, -0.1) is 0 Å². The van der Waals surface area contributed by atoms with Crippen LogP contribution in [0.15, 0.2) is 53.4 Å². The number of para-hydroxylation sites is 1. The maximum absolute atomic E-state index is 12.2. The Hall–Kier alpha value is -2.38. The molecule has 0 bridgehead atoms. The van der Waals surface area contributed by atoms with E-state index in [1.807, 2.05) is 0 Å². The topological polar surface area (TPSA) is 106 Å². The summed E-state index contributed by atoms with van der Waals surface area (Å²) in [5.74, 6) is -1.63. The molecule has 0 aliphatic heterocycles. The predicted octanol–water partition coefficient (Wildman–Crippen LogP) is 2.24. The van der Waals surface area contributed by atoms with Gasteiger partial charge in [-0.1, -0.05) is 35.9 Å². The van der Waals surface area contributed by atoms with Gasteiger partial charge in [0, 0.05) is 6.42 Å². The fourth-order valence-electron chi connectivity index (χ4n) is 2.05. The van der Waals surface area contributed by atoms with E-state index in [0.29, 0.717) is 0 Å². The molecule has 0 unspecified atom stereocenters. The molecule has 0 atom stereocenters. The molecule has 0 spiro atoms. The van der Waals surface area contributed by atoms with Crippen LogP contribution in [0.25, 0.3) is 0 Å². The lowest BCUT2D eigenvalue weighted by Crippen LogP contribution is -2.20. The number of carbonyl (C=O) groups is 2. The molecule has 0 fully saturated rings. The predicted molar refractivity (Wildman–Crippen MR) is 91.7 cm³/mol. The number of hydrogen-bond acceptors (Lipinski definition) is 4.